The Bertz CT molecular complexity index is 522. The summed E-state index contributed by atoms with van der Waals surface area (Å²) in [5, 5.41) is 19.1. The van der Waals surface area contributed by atoms with Crippen molar-refractivity contribution in [1.82, 2.24) is 4.98 Å². The van der Waals surface area contributed by atoms with E-state index in [0.717, 1.165) is 6.20 Å². The van der Waals surface area contributed by atoms with Crippen LogP contribution in [0, 0.1) is 28.4 Å². The number of hydrogen-bond acceptors (Lipinski definition) is 5. The summed E-state index contributed by atoms with van der Waals surface area (Å²) in [4.78, 5) is 12.8. The molecule has 0 aliphatic rings. The van der Waals surface area contributed by atoms with Crippen molar-refractivity contribution in [2.45, 2.75) is 19.7 Å². The number of ether oxygens (including phenoxy) is 1. The maximum atomic E-state index is 12.2. The normalized spacial score (nSPS) is 10.8. The molecule has 1 aromatic heterocycles. The molecule has 0 N–H and O–H groups in total. The number of nitriles is 1. The summed E-state index contributed by atoms with van der Waals surface area (Å²) >= 11 is 0. The number of rotatable bonds is 3. The highest BCUT2D eigenvalue weighted by molar-refractivity contribution is 5.50. The molecule has 0 fully saturated rings. The van der Waals surface area contributed by atoms with E-state index in [0.29, 0.717) is 0 Å². The number of nitro groups is 1. The van der Waals surface area contributed by atoms with Gasteiger partial charge in [-0.3, -0.25) is 0 Å². The van der Waals surface area contributed by atoms with Crippen LogP contribution in [0.25, 0.3) is 0 Å². The first-order valence-electron chi connectivity index (χ1n) is 4.52. The number of halogens is 3. The fraction of sp³-hybridized carbons (Fsp3) is 0.333. The van der Waals surface area contributed by atoms with E-state index in [4.69, 9.17) is 5.26 Å². The van der Waals surface area contributed by atoms with Crippen LogP contribution in [0.1, 0.15) is 11.1 Å². The Morgan fingerprint density at radius 2 is 2.22 bits per heavy atom. The van der Waals surface area contributed by atoms with Crippen LogP contribution < -0.4 is 4.74 Å². The Hall–Kier alpha value is -2.37. The van der Waals surface area contributed by atoms with Gasteiger partial charge in [0, 0.05) is 11.1 Å². The predicted molar refractivity (Wildman–Crippen MR) is 51.6 cm³/mol. The third-order valence-corrected chi connectivity index (χ3v) is 1.98. The van der Waals surface area contributed by atoms with Crippen molar-refractivity contribution in [2.24, 2.45) is 0 Å². The van der Waals surface area contributed by atoms with Gasteiger partial charge in [-0.2, -0.15) is 5.26 Å². The highest BCUT2D eigenvalue weighted by Gasteiger charge is 2.37. The zero-order valence-electron chi connectivity index (χ0n) is 8.98. The fourth-order valence-electron chi connectivity index (χ4n) is 1.26. The van der Waals surface area contributed by atoms with Gasteiger partial charge >= 0.3 is 12.2 Å². The lowest BCUT2D eigenvalue weighted by molar-refractivity contribution is -0.393. The van der Waals surface area contributed by atoms with Crippen LogP contribution in [-0.2, 0) is 6.42 Å². The van der Waals surface area contributed by atoms with E-state index in [1.807, 2.05) is 0 Å². The number of nitrogens with zero attached hydrogens (tertiary/aromatic N) is 3. The third kappa shape index (κ3) is 3.07. The van der Waals surface area contributed by atoms with Crippen LogP contribution in [-0.4, -0.2) is 16.3 Å². The smallest absolute Gasteiger partial charge is 0.396 e. The van der Waals surface area contributed by atoms with Crippen molar-refractivity contribution in [3.05, 3.63) is 27.4 Å². The van der Waals surface area contributed by atoms with Crippen molar-refractivity contribution in [3.8, 4) is 11.8 Å². The first kappa shape index (κ1) is 13.7. The second-order valence-electron chi connectivity index (χ2n) is 3.21. The van der Waals surface area contributed by atoms with Gasteiger partial charge in [0.1, 0.15) is 6.20 Å². The van der Waals surface area contributed by atoms with Gasteiger partial charge in [-0.15, -0.1) is 13.2 Å². The average molecular weight is 261 g/mol. The van der Waals surface area contributed by atoms with Crippen molar-refractivity contribution in [3.63, 3.8) is 0 Å². The number of alkyl halides is 3. The summed E-state index contributed by atoms with van der Waals surface area (Å²) in [5.41, 5.74) is 0.0120. The van der Waals surface area contributed by atoms with Crippen LogP contribution in [0.3, 0.4) is 0 Å². The molecule has 0 spiro atoms. The summed E-state index contributed by atoms with van der Waals surface area (Å²) < 4.78 is 40.1. The summed E-state index contributed by atoms with van der Waals surface area (Å²) in [7, 11) is 0. The third-order valence-electron chi connectivity index (χ3n) is 1.98. The van der Waals surface area contributed by atoms with Gasteiger partial charge in [-0.25, -0.2) is 0 Å². The lowest BCUT2D eigenvalue weighted by Gasteiger charge is -2.12. The molecule has 0 atom stereocenters. The van der Waals surface area contributed by atoms with Crippen LogP contribution in [0.2, 0.25) is 0 Å². The zero-order chi connectivity index (χ0) is 13.9. The molecule has 0 bridgehead atoms. The molecule has 0 aliphatic carbocycles. The summed E-state index contributed by atoms with van der Waals surface area (Å²) in [6, 6.07) is 1.62. The van der Waals surface area contributed by atoms with Crippen LogP contribution in [0.4, 0.5) is 19.0 Å². The first-order valence-corrected chi connectivity index (χ1v) is 4.52. The molecular formula is C9H6F3N3O3. The number of aromatic nitrogens is 1. The maximum Gasteiger partial charge on any atom is 0.573 e. The SMILES string of the molecule is Cc1cnc([N+](=O)[O-])c(OC(F)(F)F)c1CC#N. The maximum absolute atomic E-state index is 12.2. The molecule has 0 amide bonds. The van der Waals surface area contributed by atoms with E-state index in [1.54, 1.807) is 6.07 Å². The van der Waals surface area contributed by atoms with Crippen molar-refractivity contribution in [1.29, 1.82) is 5.26 Å². The van der Waals surface area contributed by atoms with Crippen LogP contribution >= 0.6 is 0 Å². The predicted octanol–water partition coefficient (Wildman–Crippen LogP) is 2.26. The van der Waals surface area contributed by atoms with E-state index in [1.165, 1.54) is 6.92 Å². The molecule has 0 aromatic carbocycles. The minimum absolute atomic E-state index is 0.198. The highest BCUT2D eigenvalue weighted by Crippen LogP contribution is 2.35. The molecule has 0 saturated heterocycles. The van der Waals surface area contributed by atoms with Gasteiger partial charge in [-0.1, -0.05) is 0 Å². The largest absolute Gasteiger partial charge is 0.573 e. The monoisotopic (exact) mass is 261 g/mol. The standard InChI is InChI=1S/C9H6F3N3O3/c1-5-4-14-8(15(16)17)7(6(5)2-3-13)18-9(10,11)12/h4H,2H2,1H3. The zero-order valence-corrected chi connectivity index (χ0v) is 8.98. The Labute approximate surface area is 98.8 Å². The number of aryl methyl sites for hydroxylation is 1. The summed E-state index contributed by atoms with van der Waals surface area (Å²) in [6.07, 6.45) is -4.51. The second kappa shape index (κ2) is 4.87. The Morgan fingerprint density at radius 3 is 2.67 bits per heavy atom. The van der Waals surface area contributed by atoms with Gasteiger partial charge in [-0.05, 0) is 16.8 Å². The van der Waals surface area contributed by atoms with Gasteiger partial charge < -0.3 is 14.9 Å². The molecule has 0 radical (unpaired) electrons. The van der Waals surface area contributed by atoms with E-state index in [2.05, 4.69) is 9.72 Å². The Kier molecular flexibility index (Phi) is 3.70. The van der Waals surface area contributed by atoms with Crippen molar-refractivity contribution in [2.75, 3.05) is 0 Å². The fourth-order valence-corrected chi connectivity index (χ4v) is 1.26. The minimum atomic E-state index is -5.09. The molecule has 1 aromatic rings. The first-order chi connectivity index (χ1) is 8.26. The molecule has 0 saturated carbocycles. The van der Waals surface area contributed by atoms with E-state index >= 15 is 0 Å². The average Bonchev–Trinajstić information content (AvgIpc) is 2.21. The molecule has 0 unspecified atom stereocenters. The molecule has 96 valence electrons. The lowest BCUT2D eigenvalue weighted by atomic mass is 10.1. The van der Waals surface area contributed by atoms with Crippen molar-refractivity contribution >= 4 is 5.82 Å². The van der Waals surface area contributed by atoms with Gasteiger partial charge in [0.25, 0.3) is 0 Å². The highest BCUT2D eigenvalue weighted by atomic mass is 19.4. The summed E-state index contributed by atoms with van der Waals surface area (Å²) in [6.45, 7) is 1.38. The van der Waals surface area contributed by atoms with E-state index in [9.17, 15) is 23.3 Å². The quantitative estimate of drug-likeness (QED) is 0.615. The molecule has 1 rings (SSSR count). The van der Waals surface area contributed by atoms with E-state index in [-0.39, 0.29) is 11.1 Å². The number of hydrogen-bond donors (Lipinski definition) is 0. The van der Waals surface area contributed by atoms with Crippen molar-refractivity contribution < 1.29 is 22.8 Å². The van der Waals surface area contributed by atoms with Crippen LogP contribution in [0.5, 0.6) is 5.75 Å². The molecule has 0 aliphatic heterocycles. The summed E-state index contributed by atoms with van der Waals surface area (Å²) in [5.74, 6) is -2.10. The second-order valence-corrected chi connectivity index (χ2v) is 3.21. The van der Waals surface area contributed by atoms with Gasteiger partial charge in [0.05, 0.1) is 12.5 Å². The molecule has 6 nitrogen and oxygen atoms in total. The number of pyridine rings is 1. The molecule has 18 heavy (non-hydrogen) atoms. The van der Waals surface area contributed by atoms with E-state index < -0.39 is 29.3 Å². The van der Waals surface area contributed by atoms with Crippen LogP contribution in [0.15, 0.2) is 6.20 Å². The lowest BCUT2D eigenvalue weighted by Crippen LogP contribution is -2.20. The molecule has 1 heterocycles. The Balaban J connectivity index is 3.44. The Morgan fingerprint density at radius 1 is 1.61 bits per heavy atom. The minimum Gasteiger partial charge on any atom is -0.396 e. The topological polar surface area (TPSA) is 89.1 Å². The molecule has 9 heteroatoms. The molecular weight excluding hydrogens is 255 g/mol. The van der Waals surface area contributed by atoms with Gasteiger partial charge in [0.2, 0.25) is 5.75 Å². The van der Waals surface area contributed by atoms with Gasteiger partial charge in [0.15, 0.2) is 0 Å².